The molecule has 0 saturated heterocycles. The monoisotopic (exact) mass is 597 g/mol. The average molecular weight is 598 g/mol. The molecular weight excluding hydrogens is 558 g/mol. The number of nitrogens with one attached hydrogen (secondary N) is 2. The van der Waals surface area contributed by atoms with Gasteiger partial charge >= 0.3 is 0 Å². The van der Waals surface area contributed by atoms with Crippen LogP contribution in [-0.2, 0) is 16.1 Å². The molecule has 0 unspecified atom stereocenters. The molecule has 5 rings (SSSR count). The molecule has 2 bridgehead atoms. The zero-order chi connectivity index (χ0) is 31.2. The molecule has 230 valence electrons. The van der Waals surface area contributed by atoms with Gasteiger partial charge in [-0.05, 0) is 62.9 Å². The highest BCUT2D eigenvalue weighted by molar-refractivity contribution is 5.99. The molecule has 2 N–H and O–H groups in total. The van der Waals surface area contributed by atoms with E-state index in [1.54, 1.807) is 24.4 Å². The van der Waals surface area contributed by atoms with Crippen LogP contribution in [0.4, 0.5) is 0 Å². The molecular formula is C33H39N7O4. The van der Waals surface area contributed by atoms with Crippen molar-refractivity contribution in [1.29, 1.82) is 0 Å². The Balaban J connectivity index is 1.41. The first-order chi connectivity index (χ1) is 21.2. The van der Waals surface area contributed by atoms with Gasteiger partial charge in [-0.1, -0.05) is 26.0 Å². The largest absolute Gasteiger partial charge is 0.494 e. The second-order valence-electron chi connectivity index (χ2n) is 11.5. The zero-order valence-electron chi connectivity index (χ0n) is 25.7. The van der Waals surface area contributed by atoms with Crippen LogP contribution in [0.25, 0.3) is 22.4 Å². The average Bonchev–Trinajstić information content (AvgIpc) is 3.46. The van der Waals surface area contributed by atoms with Gasteiger partial charge in [0.25, 0.3) is 5.91 Å². The van der Waals surface area contributed by atoms with Crippen LogP contribution < -0.4 is 15.4 Å². The molecule has 1 aliphatic heterocycles. The van der Waals surface area contributed by atoms with Crippen LogP contribution in [0.15, 0.2) is 54.9 Å². The lowest BCUT2D eigenvalue weighted by atomic mass is 10.0. The maximum atomic E-state index is 13.8. The van der Waals surface area contributed by atoms with Gasteiger partial charge in [0.15, 0.2) is 0 Å². The zero-order valence-corrected chi connectivity index (χ0v) is 25.7. The fraction of sp³-hybridized carbons (Fsp3) is 0.394. The van der Waals surface area contributed by atoms with Gasteiger partial charge in [-0.3, -0.25) is 14.4 Å². The number of ether oxygens (including phenoxy) is 1. The smallest absolute Gasteiger partial charge is 0.254 e. The second kappa shape index (κ2) is 13.7. The predicted octanol–water partition coefficient (Wildman–Crippen LogP) is 3.68. The number of hydrogen-bond acceptors (Lipinski definition) is 7. The summed E-state index contributed by atoms with van der Waals surface area (Å²) in [5, 5.41) is 5.85. The van der Waals surface area contributed by atoms with E-state index in [2.05, 4.69) is 25.6 Å². The topological polar surface area (TPSA) is 131 Å². The summed E-state index contributed by atoms with van der Waals surface area (Å²) in [6.45, 7) is 9.04. The van der Waals surface area contributed by atoms with E-state index in [0.29, 0.717) is 54.9 Å². The molecule has 2 aromatic carbocycles. The van der Waals surface area contributed by atoms with E-state index in [-0.39, 0.29) is 30.8 Å². The number of imidazole rings is 1. The molecule has 0 radical (unpaired) electrons. The summed E-state index contributed by atoms with van der Waals surface area (Å²) in [5.41, 5.74) is 4.23. The van der Waals surface area contributed by atoms with Crippen LogP contribution in [-0.4, -0.2) is 74.4 Å². The summed E-state index contributed by atoms with van der Waals surface area (Å²) in [6, 6.07) is 12.1. The fourth-order valence-electron chi connectivity index (χ4n) is 5.26. The molecule has 11 nitrogen and oxygen atoms in total. The molecule has 2 aromatic heterocycles. The maximum Gasteiger partial charge on any atom is 0.254 e. The van der Waals surface area contributed by atoms with Crippen LogP contribution >= 0.6 is 0 Å². The number of benzene rings is 2. The van der Waals surface area contributed by atoms with Crippen molar-refractivity contribution in [3.05, 3.63) is 71.8 Å². The van der Waals surface area contributed by atoms with Crippen molar-refractivity contribution in [2.45, 2.75) is 53.1 Å². The number of fused-ring (bicyclic) bond motifs is 5. The molecule has 0 fully saturated rings. The van der Waals surface area contributed by atoms with Crippen LogP contribution in [0.5, 0.6) is 5.75 Å². The molecule has 4 aromatic rings. The Labute approximate surface area is 257 Å². The van der Waals surface area contributed by atoms with Crippen LogP contribution in [0.3, 0.4) is 0 Å². The molecule has 1 aliphatic rings. The Morgan fingerprint density at radius 2 is 1.84 bits per heavy atom. The SMILES string of the molecule is Cc1nc2ccc(C(=O)N3CCCOc4cccc(c4)-c4nccn4CCNC(=O)[C@@H](CC(C)C)NC(=O)C3)cc2nc1C. The number of aryl methyl sites for hydroxylation is 2. The lowest BCUT2D eigenvalue weighted by Crippen LogP contribution is -2.51. The summed E-state index contributed by atoms with van der Waals surface area (Å²) >= 11 is 0. The summed E-state index contributed by atoms with van der Waals surface area (Å²) in [6.07, 6.45) is 4.55. The van der Waals surface area contributed by atoms with Gasteiger partial charge in [0.05, 0.1) is 35.6 Å². The Bertz CT molecular complexity index is 1670. The third kappa shape index (κ3) is 7.39. The van der Waals surface area contributed by atoms with Gasteiger partial charge < -0.3 is 24.8 Å². The summed E-state index contributed by atoms with van der Waals surface area (Å²) < 4.78 is 8.03. The molecule has 3 heterocycles. The molecule has 3 amide bonds. The van der Waals surface area contributed by atoms with E-state index in [1.165, 1.54) is 4.90 Å². The van der Waals surface area contributed by atoms with E-state index in [9.17, 15) is 14.4 Å². The molecule has 0 aliphatic carbocycles. The first-order valence-electron chi connectivity index (χ1n) is 15.0. The second-order valence-corrected chi connectivity index (χ2v) is 11.5. The summed E-state index contributed by atoms with van der Waals surface area (Å²) in [7, 11) is 0. The molecule has 11 heteroatoms. The minimum atomic E-state index is -0.734. The molecule has 1 atom stereocenters. The van der Waals surface area contributed by atoms with Gasteiger partial charge in [-0.15, -0.1) is 0 Å². The van der Waals surface area contributed by atoms with E-state index in [0.717, 1.165) is 22.8 Å². The van der Waals surface area contributed by atoms with Crippen molar-refractivity contribution in [2.75, 3.05) is 26.2 Å². The van der Waals surface area contributed by atoms with Crippen molar-refractivity contribution >= 4 is 28.8 Å². The van der Waals surface area contributed by atoms with Crippen molar-refractivity contribution in [1.82, 2.24) is 35.1 Å². The Hall–Kier alpha value is -4.80. The third-order valence-electron chi connectivity index (χ3n) is 7.60. The van der Waals surface area contributed by atoms with E-state index >= 15 is 0 Å². The fourth-order valence-corrected chi connectivity index (χ4v) is 5.26. The standard InChI is InChI=1S/C33H39N7O4/c1-21(2)17-29-32(42)35-12-15-39-14-11-34-31(39)24-7-5-8-26(18-24)44-16-6-13-40(20-30(41)38-29)33(43)25-9-10-27-28(19-25)37-23(4)22(3)36-27/h5,7-11,14,18-19,21,29H,6,12-13,15-17,20H2,1-4H3,(H,35,42)(H,38,41)/t29-/m1/s1. The van der Waals surface area contributed by atoms with Crippen LogP contribution in [0, 0.1) is 19.8 Å². The van der Waals surface area contributed by atoms with Gasteiger partial charge in [0.1, 0.15) is 17.6 Å². The lowest BCUT2D eigenvalue weighted by Gasteiger charge is -2.25. The highest BCUT2D eigenvalue weighted by Crippen LogP contribution is 2.23. The number of aromatic nitrogens is 4. The van der Waals surface area contributed by atoms with Crippen molar-refractivity contribution < 1.29 is 19.1 Å². The Morgan fingerprint density at radius 3 is 2.64 bits per heavy atom. The maximum absolute atomic E-state index is 13.8. The van der Waals surface area contributed by atoms with E-state index < -0.39 is 11.9 Å². The highest BCUT2D eigenvalue weighted by atomic mass is 16.5. The summed E-state index contributed by atoms with van der Waals surface area (Å²) in [4.78, 5) is 55.5. The van der Waals surface area contributed by atoms with E-state index in [1.807, 2.05) is 62.7 Å². The van der Waals surface area contributed by atoms with Gasteiger partial charge in [0.2, 0.25) is 11.8 Å². The number of amides is 3. The molecule has 0 spiro atoms. The Morgan fingerprint density at radius 1 is 1.05 bits per heavy atom. The van der Waals surface area contributed by atoms with Gasteiger partial charge in [0, 0.05) is 43.2 Å². The van der Waals surface area contributed by atoms with Gasteiger partial charge in [-0.25, -0.2) is 15.0 Å². The van der Waals surface area contributed by atoms with E-state index in [4.69, 9.17) is 4.74 Å². The Kier molecular flexibility index (Phi) is 9.52. The lowest BCUT2D eigenvalue weighted by molar-refractivity contribution is -0.129. The normalized spacial score (nSPS) is 16.8. The third-order valence-corrected chi connectivity index (χ3v) is 7.60. The first kappa shape index (κ1) is 30.7. The molecule has 0 saturated carbocycles. The number of carbonyl (C=O) groups is 3. The number of hydrogen-bond donors (Lipinski definition) is 2. The predicted molar refractivity (Wildman–Crippen MR) is 167 cm³/mol. The highest BCUT2D eigenvalue weighted by Gasteiger charge is 2.25. The number of rotatable bonds is 3. The van der Waals surface area contributed by atoms with Crippen molar-refractivity contribution in [3.8, 4) is 17.1 Å². The van der Waals surface area contributed by atoms with Crippen molar-refractivity contribution in [3.63, 3.8) is 0 Å². The number of nitrogens with zero attached hydrogens (tertiary/aromatic N) is 5. The van der Waals surface area contributed by atoms with Crippen LogP contribution in [0.2, 0.25) is 0 Å². The minimum absolute atomic E-state index is 0.164. The number of carbonyl (C=O) groups excluding carboxylic acids is 3. The van der Waals surface area contributed by atoms with Crippen LogP contribution in [0.1, 0.15) is 48.4 Å². The quantitative estimate of drug-likeness (QED) is 0.368. The minimum Gasteiger partial charge on any atom is -0.494 e. The van der Waals surface area contributed by atoms with Gasteiger partial charge in [-0.2, -0.15) is 0 Å². The summed E-state index contributed by atoms with van der Waals surface area (Å²) in [5.74, 6) is 0.629. The molecule has 44 heavy (non-hydrogen) atoms. The van der Waals surface area contributed by atoms with Crippen molar-refractivity contribution in [2.24, 2.45) is 5.92 Å². The first-order valence-corrected chi connectivity index (χ1v) is 15.0.